The average Bonchev–Trinajstić information content (AvgIpc) is 3.08. The van der Waals surface area contributed by atoms with E-state index in [1.807, 2.05) is 6.92 Å². The second-order valence-corrected chi connectivity index (χ2v) is 7.05. The number of nitrogens with one attached hydrogen (secondary N) is 2. The van der Waals surface area contributed by atoms with Gasteiger partial charge in [-0.05, 0) is 46.6 Å². The molecule has 2 heterocycles. The molecule has 0 spiro atoms. The number of pyridine rings is 1. The van der Waals surface area contributed by atoms with Gasteiger partial charge >= 0.3 is 0 Å². The number of amides is 2. The SMILES string of the molecule is CCCNC(=O)c1ccccc1NC(=O)c1cc(Br)nn1-c1ncccc1Cl. The van der Waals surface area contributed by atoms with Gasteiger partial charge in [0.15, 0.2) is 5.82 Å². The molecular formula is C19H17BrClN5O2. The van der Waals surface area contributed by atoms with E-state index in [4.69, 9.17) is 11.6 Å². The molecule has 2 N–H and O–H groups in total. The van der Waals surface area contributed by atoms with Crippen LogP contribution in [0.3, 0.4) is 0 Å². The number of hydrogen-bond acceptors (Lipinski definition) is 4. The summed E-state index contributed by atoms with van der Waals surface area (Å²) in [7, 11) is 0. The molecule has 0 atom stereocenters. The van der Waals surface area contributed by atoms with Crippen LogP contribution in [0.15, 0.2) is 53.3 Å². The van der Waals surface area contributed by atoms with Crippen molar-refractivity contribution in [1.82, 2.24) is 20.1 Å². The predicted octanol–water partition coefficient (Wildman–Crippen LogP) is 4.08. The zero-order chi connectivity index (χ0) is 20.1. The number of anilines is 1. The molecule has 0 fully saturated rings. The number of nitrogens with zero attached hydrogens (tertiary/aromatic N) is 3. The summed E-state index contributed by atoms with van der Waals surface area (Å²) < 4.78 is 1.80. The van der Waals surface area contributed by atoms with E-state index < -0.39 is 5.91 Å². The fourth-order valence-corrected chi connectivity index (χ4v) is 3.10. The minimum atomic E-state index is -0.448. The van der Waals surface area contributed by atoms with Gasteiger partial charge in [-0.1, -0.05) is 30.7 Å². The molecule has 0 aliphatic rings. The van der Waals surface area contributed by atoms with E-state index in [9.17, 15) is 9.59 Å². The highest BCUT2D eigenvalue weighted by atomic mass is 79.9. The summed E-state index contributed by atoms with van der Waals surface area (Å²) in [6, 6.07) is 11.7. The van der Waals surface area contributed by atoms with E-state index in [0.29, 0.717) is 33.2 Å². The van der Waals surface area contributed by atoms with E-state index in [1.165, 1.54) is 4.68 Å². The van der Waals surface area contributed by atoms with Gasteiger partial charge in [0, 0.05) is 18.8 Å². The van der Waals surface area contributed by atoms with Crippen LogP contribution in [0.2, 0.25) is 5.02 Å². The van der Waals surface area contributed by atoms with Gasteiger partial charge in [0.25, 0.3) is 11.8 Å². The lowest BCUT2D eigenvalue weighted by molar-refractivity contribution is 0.0954. The van der Waals surface area contributed by atoms with Crippen molar-refractivity contribution in [3.8, 4) is 5.82 Å². The largest absolute Gasteiger partial charge is 0.352 e. The molecule has 3 aromatic rings. The molecule has 144 valence electrons. The Labute approximate surface area is 175 Å². The molecule has 0 aliphatic heterocycles. The molecule has 3 rings (SSSR count). The van der Waals surface area contributed by atoms with Gasteiger partial charge in [-0.15, -0.1) is 0 Å². The first-order chi connectivity index (χ1) is 13.5. The Morgan fingerprint density at radius 3 is 2.71 bits per heavy atom. The second kappa shape index (κ2) is 8.99. The number of para-hydroxylation sites is 1. The Hall–Kier alpha value is -2.71. The smallest absolute Gasteiger partial charge is 0.274 e. The van der Waals surface area contributed by atoms with E-state index in [0.717, 1.165) is 6.42 Å². The number of carbonyl (C=O) groups excluding carboxylic acids is 2. The van der Waals surface area contributed by atoms with E-state index in [2.05, 4.69) is 36.6 Å². The third-order valence-corrected chi connectivity index (χ3v) is 4.49. The number of benzene rings is 1. The minimum absolute atomic E-state index is 0.219. The number of aromatic nitrogens is 3. The Bertz CT molecular complexity index is 1020. The van der Waals surface area contributed by atoms with Crippen molar-refractivity contribution in [3.05, 3.63) is 69.5 Å². The molecule has 9 heteroatoms. The summed E-state index contributed by atoms with van der Waals surface area (Å²) in [6.07, 6.45) is 2.38. The highest BCUT2D eigenvalue weighted by molar-refractivity contribution is 9.10. The Kier molecular flexibility index (Phi) is 6.43. The third kappa shape index (κ3) is 4.40. The first-order valence-corrected chi connectivity index (χ1v) is 9.73. The van der Waals surface area contributed by atoms with Crippen LogP contribution in [0.4, 0.5) is 5.69 Å². The number of rotatable bonds is 6. The molecule has 0 unspecified atom stereocenters. The van der Waals surface area contributed by atoms with Gasteiger partial charge in [-0.3, -0.25) is 9.59 Å². The van der Waals surface area contributed by atoms with E-state index in [1.54, 1.807) is 48.7 Å². The average molecular weight is 463 g/mol. The lowest BCUT2D eigenvalue weighted by Gasteiger charge is -2.12. The Morgan fingerprint density at radius 2 is 1.96 bits per heavy atom. The predicted molar refractivity (Wildman–Crippen MR) is 111 cm³/mol. The molecular weight excluding hydrogens is 446 g/mol. The fourth-order valence-electron chi connectivity index (χ4n) is 2.52. The van der Waals surface area contributed by atoms with Crippen molar-refractivity contribution >= 4 is 45.0 Å². The fraction of sp³-hybridized carbons (Fsp3) is 0.158. The molecule has 0 saturated heterocycles. The molecule has 1 aromatic carbocycles. The van der Waals surface area contributed by atoms with E-state index >= 15 is 0 Å². The second-order valence-electron chi connectivity index (χ2n) is 5.83. The van der Waals surface area contributed by atoms with Crippen LogP contribution in [-0.2, 0) is 0 Å². The highest BCUT2D eigenvalue weighted by Gasteiger charge is 2.20. The summed E-state index contributed by atoms with van der Waals surface area (Å²) in [5, 5.41) is 10.2. The van der Waals surface area contributed by atoms with Crippen molar-refractivity contribution in [2.24, 2.45) is 0 Å². The van der Waals surface area contributed by atoms with Gasteiger partial charge in [0.2, 0.25) is 0 Å². The van der Waals surface area contributed by atoms with Gasteiger partial charge in [-0.2, -0.15) is 5.10 Å². The van der Waals surface area contributed by atoms with E-state index in [-0.39, 0.29) is 11.6 Å². The lowest BCUT2D eigenvalue weighted by atomic mass is 10.1. The summed E-state index contributed by atoms with van der Waals surface area (Å²) >= 11 is 9.47. The van der Waals surface area contributed by atoms with Crippen molar-refractivity contribution < 1.29 is 9.59 Å². The number of hydrogen-bond donors (Lipinski definition) is 2. The lowest BCUT2D eigenvalue weighted by Crippen LogP contribution is -2.26. The molecule has 2 amide bonds. The molecule has 0 bridgehead atoms. The molecule has 0 radical (unpaired) electrons. The topological polar surface area (TPSA) is 88.9 Å². The van der Waals surface area contributed by atoms with Crippen LogP contribution in [0.1, 0.15) is 34.2 Å². The normalized spacial score (nSPS) is 10.5. The zero-order valence-electron chi connectivity index (χ0n) is 14.9. The Balaban J connectivity index is 1.92. The van der Waals surface area contributed by atoms with Gasteiger partial charge in [-0.25, -0.2) is 9.67 Å². The van der Waals surface area contributed by atoms with Crippen LogP contribution < -0.4 is 10.6 Å². The third-order valence-electron chi connectivity index (χ3n) is 3.81. The van der Waals surface area contributed by atoms with Crippen molar-refractivity contribution in [1.29, 1.82) is 0 Å². The summed E-state index contributed by atoms with van der Waals surface area (Å²) in [5.74, 6) is -0.370. The number of carbonyl (C=O) groups is 2. The van der Waals surface area contributed by atoms with Crippen molar-refractivity contribution in [2.75, 3.05) is 11.9 Å². The zero-order valence-corrected chi connectivity index (χ0v) is 17.3. The maximum absolute atomic E-state index is 12.9. The van der Waals surface area contributed by atoms with Crippen LogP contribution in [0.5, 0.6) is 0 Å². The minimum Gasteiger partial charge on any atom is -0.352 e. The van der Waals surface area contributed by atoms with Crippen molar-refractivity contribution in [3.63, 3.8) is 0 Å². The monoisotopic (exact) mass is 461 g/mol. The first kappa shape index (κ1) is 20.0. The van der Waals surface area contributed by atoms with Gasteiger partial charge in [0.1, 0.15) is 10.3 Å². The molecule has 2 aromatic heterocycles. The first-order valence-electron chi connectivity index (χ1n) is 8.56. The van der Waals surface area contributed by atoms with Crippen LogP contribution >= 0.6 is 27.5 Å². The summed E-state index contributed by atoms with van der Waals surface area (Å²) in [6.45, 7) is 2.52. The van der Waals surface area contributed by atoms with Crippen LogP contribution in [0.25, 0.3) is 5.82 Å². The standard InChI is InChI=1S/C19H17BrClN5O2/c1-2-9-23-18(27)12-6-3-4-8-14(12)24-19(28)15-11-16(20)25-26(15)17-13(21)7-5-10-22-17/h3-8,10-11H,2,9H2,1H3,(H,23,27)(H,24,28). The van der Waals surface area contributed by atoms with Gasteiger partial charge < -0.3 is 10.6 Å². The molecule has 28 heavy (non-hydrogen) atoms. The van der Waals surface area contributed by atoms with Crippen LogP contribution in [-0.4, -0.2) is 33.1 Å². The van der Waals surface area contributed by atoms with Gasteiger partial charge in [0.05, 0.1) is 16.3 Å². The summed E-state index contributed by atoms with van der Waals surface area (Å²) in [4.78, 5) is 29.5. The molecule has 7 nitrogen and oxygen atoms in total. The summed E-state index contributed by atoms with van der Waals surface area (Å²) in [5.41, 5.74) is 0.999. The quantitative estimate of drug-likeness (QED) is 0.578. The Morgan fingerprint density at radius 1 is 1.18 bits per heavy atom. The maximum Gasteiger partial charge on any atom is 0.274 e. The molecule has 0 saturated carbocycles. The molecule has 0 aliphatic carbocycles. The van der Waals surface area contributed by atoms with Crippen molar-refractivity contribution in [2.45, 2.75) is 13.3 Å². The number of halogens is 2. The highest BCUT2D eigenvalue weighted by Crippen LogP contribution is 2.23. The maximum atomic E-state index is 12.9. The van der Waals surface area contributed by atoms with Crippen LogP contribution in [0, 0.1) is 0 Å².